The second kappa shape index (κ2) is 10.8. The molecule has 1 atom stereocenters. The van der Waals surface area contributed by atoms with E-state index >= 15 is 0 Å². The lowest BCUT2D eigenvalue weighted by atomic mass is 9.96. The van der Waals surface area contributed by atoms with Crippen LogP contribution < -0.4 is 10.6 Å². The van der Waals surface area contributed by atoms with Gasteiger partial charge in [-0.05, 0) is 39.0 Å². The molecule has 35 heavy (non-hydrogen) atoms. The Hall–Kier alpha value is -2.87. The first-order valence-electron chi connectivity index (χ1n) is 12.8. The highest BCUT2D eigenvalue weighted by Gasteiger charge is 2.24. The van der Waals surface area contributed by atoms with Gasteiger partial charge < -0.3 is 15.4 Å². The highest BCUT2D eigenvalue weighted by Crippen LogP contribution is 2.30. The molecule has 8 nitrogen and oxygen atoms in total. The summed E-state index contributed by atoms with van der Waals surface area (Å²) in [6.07, 6.45) is 10.0. The normalized spacial score (nSPS) is 18.6. The minimum atomic E-state index is -0.198. The molecule has 0 aromatic carbocycles. The van der Waals surface area contributed by atoms with E-state index in [2.05, 4.69) is 48.3 Å². The average Bonchev–Trinajstić information content (AvgIpc) is 3.05. The smallest absolute Gasteiger partial charge is 0.254 e. The maximum absolute atomic E-state index is 12.9. The van der Waals surface area contributed by atoms with Gasteiger partial charge in [-0.3, -0.25) is 14.8 Å². The standard InChI is InChI=1S/C27H38N6O2/c1-6-19-7-8-23-22(16-28-19)24(33-20-9-11-35-12-10-20)21(17(2)32-23)15-29-25(34)18-13-30-26(31-14-18)27(3,4)5/h13-14,16,19-20H,6-12,15H2,1-5H3,(H,29,34)(H,32,33). The molecule has 1 saturated heterocycles. The van der Waals surface area contributed by atoms with Gasteiger partial charge in [-0.25, -0.2) is 9.97 Å². The van der Waals surface area contributed by atoms with Gasteiger partial charge in [0, 0.05) is 66.6 Å². The predicted molar refractivity (Wildman–Crippen MR) is 138 cm³/mol. The van der Waals surface area contributed by atoms with Crippen molar-refractivity contribution in [2.45, 2.75) is 90.8 Å². The third-order valence-electron chi connectivity index (χ3n) is 6.80. The molecule has 2 aliphatic rings. The molecule has 1 amide bonds. The number of aromatic nitrogens is 3. The average molecular weight is 479 g/mol. The summed E-state index contributed by atoms with van der Waals surface area (Å²) >= 11 is 0. The van der Waals surface area contributed by atoms with E-state index in [4.69, 9.17) is 14.7 Å². The SMILES string of the molecule is CCC1CCc2nc(C)c(CNC(=O)c3cnc(C(C)(C)C)nc3)c(NC3CCOCC3)c2C=N1. The summed E-state index contributed by atoms with van der Waals surface area (Å²) in [4.78, 5) is 31.5. The van der Waals surface area contributed by atoms with Gasteiger partial charge in [0.1, 0.15) is 5.82 Å². The van der Waals surface area contributed by atoms with Crippen LogP contribution in [0.5, 0.6) is 0 Å². The van der Waals surface area contributed by atoms with Gasteiger partial charge in [0.15, 0.2) is 0 Å². The molecule has 2 aromatic rings. The van der Waals surface area contributed by atoms with Crippen molar-refractivity contribution >= 4 is 17.8 Å². The zero-order valence-corrected chi connectivity index (χ0v) is 21.6. The number of nitrogens with one attached hydrogen (secondary N) is 2. The third kappa shape index (κ3) is 6.04. The van der Waals surface area contributed by atoms with Crippen LogP contribution in [0.4, 0.5) is 5.69 Å². The Morgan fingerprint density at radius 1 is 1.14 bits per heavy atom. The van der Waals surface area contributed by atoms with E-state index in [0.29, 0.717) is 30.0 Å². The lowest BCUT2D eigenvalue weighted by molar-refractivity contribution is 0.0904. The van der Waals surface area contributed by atoms with Crippen molar-refractivity contribution in [2.75, 3.05) is 18.5 Å². The lowest BCUT2D eigenvalue weighted by Crippen LogP contribution is -2.31. The van der Waals surface area contributed by atoms with E-state index in [-0.39, 0.29) is 11.3 Å². The second-order valence-corrected chi connectivity index (χ2v) is 10.5. The molecule has 4 rings (SSSR count). The molecule has 2 N–H and O–H groups in total. The van der Waals surface area contributed by atoms with Crippen LogP contribution in [-0.2, 0) is 23.1 Å². The first-order chi connectivity index (χ1) is 16.8. The molecule has 1 unspecified atom stereocenters. The molecule has 2 aliphatic heterocycles. The Balaban J connectivity index is 1.60. The van der Waals surface area contributed by atoms with E-state index in [9.17, 15) is 4.79 Å². The number of nitrogens with zero attached hydrogens (tertiary/aromatic N) is 4. The third-order valence-corrected chi connectivity index (χ3v) is 6.80. The largest absolute Gasteiger partial charge is 0.381 e. The summed E-state index contributed by atoms with van der Waals surface area (Å²) in [5.74, 6) is 0.518. The van der Waals surface area contributed by atoms with Crippen molar-refractivity contribution in [2.24, 2.45) is 4.99 Å². The van der Waals surface area contributed by atoms with Crippen LogP contribution in [0, 0.1) is 6.92 Å². The molecule has 1 fully saturated rings. The molecule has 4 heterocycles. The maximum atomic E-state index is 12.9. The number of aryl methyl sites for hydroxylation is 2. The summed E-state index contributed by atoms with van der Waals surface area (Å²) in [7, 11) is 0. The van der Waals surface area contributed by atoms with Gasteiger partial charge in [0.25, 0.3) is 5.91 Å². The van der Waals surface area contributed by atoms with Crippen molar-refractivity contribution in [1.82, 2.24) is 20.3 Å². The number of fused-ring (bicyclic) bond motifs is 1. The number of hydrogen-bond acceptors (Lipinski definition) is 7. The summed E-state index contributed by atoms with van der Waals surface area (Å²) in [5.41, 5.74) is 5.39. The topological polar surface area (TPSA) is 101 Å². The molecule has 0 saturated carbocycles. The van der Waals surface area contributed by atoms with E-state index < -0.39 is 0 Å². The number of aliphatic imine (C=N–C) groups is 1. The monoisotopic (exact) mass is 478 g/mol. The first-order valence-corrected chi connectivity index (χ1v) is 12.8. The van der Waals surface area contributed by atoms with Crippen LogP contribution >= 0.6 is 0 Å². The van der Waals surface area contributed by atoms with Gasteiger partial charge >= 0.3 is 0 Å². The number of amides is 1. The molecule has 8 heteroatoms. The fourth-order valence-corrected chi connectivity index (χ4v) is 4.55. The minimum absolute atomic E-state index is 0.164. The van der Waals surface area contributed by atoms with Crippen LogP contribution in [0.3, 0.4) is 0 Å². The Labute approximate surface area is 208 Å². The maximum Gasteiger partial charge on any atom is 0.254 e. The fraction of sp³-hybridized carbons (Fsp3) is 0.593. The Kier molecular flexibility index (Phi) is 7.79. The highest BCUT2D eigenvalue weighted by molar-refractivity contribution is 5.94. The van der Waals surface area contributed by atoms with E-state index in [0.717, 1.165) is 73.5 Å². The fourth-order valence-electron chi connectivity index (χ4n) is 4.55. The number of carbonyl (C=O) groups is 1. The quantitative estimate of drug-likeness (QED) is 0.647. The summed E-state index contributed by atoms with van der Waals surface area (Å²) < 4.78 is 5.56. The van der Waals surface area contributed by atoms with Crippen LogP contribution in [0.1, 0.15) is 92.1 Å². The number of pyridine rings is 1. The van der Waals surface area contributed by atoms with E-state index in [1.807, 2.05) is 13.1 Å². The summed E-state index contributed by atoms with van der Waals surface area (Å²) in [6.45, 7) is 12.2. The van der Waals surface area contributed by atoms with Crippen molar-refractivity contribution in [3.63, 3.8) is 0 Å². The van der Waals surface area contributed by atoms with Gasteiger partial charge in [0.2, 0.25) is 0 Å². The number of hydrogen-bond donors (Lipinski definition) is 2. The number of carbonyl (C=O) groups excluding carboxylic acids is 1. The van der Waals surface area contributed by atoms with Crippen LogP contribution in [0.15, 0.2) is 17.4 Å². The van der Waals surface area contributed by atoms with Crippen molar-refractivity contribution < 1.29 is 9.53 Å². The summed E-state index contributed by atoms with van der Waals surface area (Å²) in [6, 6.07) is 0.640. The molecular formula is C27H38N6O2. The summed E-state index contributed by atoms with van der Waals surface area (Å²) in [5, 5.41) is 6.85. The zero-order chi connectivity index (χ0) is 25.0. The lowest BCUT2D eigenvalue weighted by Gasteiger charge is -2.27. The number of rotatable bonds is 6. The second-order valence-electron chi connectivity index (χ2n) is 10.5. The van der Waals surface area contributed by atoms with E-state index in [1.54, 1.807) is 12.4 Å². The van der Waals surface area contributed by atoms with Crippen molar-refractivity contribution in [1.29, 1.82) is 0 Å². The molecule has 2 aromatic heterocycles. The molecular weight excluding hydrogens is 440 g/mol. The zero-order valence-electron chi connectivity index (χ0n) is 21.6. The molecule has 0 radical (unpaired) electrons. The van der Waals surface area contributed by atoms with Gasteiger partial charge in [0.05, 0.1) is 23.0 Å². The molecule has 0 spiro atoms. The Morgan fingerprint density at radius 3 is 2.51 bits per heavy atom. The Morgan fingerprint density at radius 2 is 1.86 bits per heavy atom. The highest BCUT2D eigenvalue weighted by atomic mass is 16.5. The van der Waals surface area contributed by atoms with Gasteiger partial charge in [-0.15, -0.1) is 0 Å². The van der Waals surface area contributed by atoms with E-state index in [1.165, 1.54) is 0 Å². The van der Waals surface area contributed by atoms with Crippen LogP contribution in [0.2, 0.25) is 0 Å². The number of ether oxygens (including phenoxy) is 1. The predicted octanol–water partition coefficient (Wildman–Crippen LogP) is 4.14. The molecule has 0 aliphatic carbocycles. The van der Waals surface area contributed by atoms with Crippen molar-refractivity contribution in [3.8, 4) is 0 Å². The number of anilines is 1. The molecule has 188 valence electrons. The van der Waals surface area contributed by atoms with Crippen LogP contribution in [0.25, 0.3) is 0 Å². The van der Waals surface area contributed by atoms with Gasteiger partial charge in [-0.1, -0.05) is 27.7 Å². The van der Waals surface area contributed by atoms with Crippen LogP contribution in [-0.4, -0.2) is 52.4 Å². The Bertz CT molecular complexity index is 1070. The minimum Gasteiger partial charge on any atom is -0.381 e. The van der Waals surface area contributed by atoms with Gasteiger partial charge in [-0.2, -0.15) is 0 Å². The molecule has 0 bridgehead atoms. The first kappa shape index (κ1) is 25.2. The van der Waals surface area contributed by atoms with Crippen molar-refractivity contribution in [3.05, 3.63) is 46.3 Å².